The van der Waals surface area contributed by atoms with Gasteiger partial charge in [0.25, 0.3) is 0 Å². The highest BCUT2D eigenvalue weighted by Gasteiger charge is 2.41. The minimum absolute atomic E-state index is 0.147. The van der Waals surface area contributed by atoms with Gasteiger partial charge in [-0.25, -0.2) is 4.79 Å². The Morgan fingerprint density at radius 3 is 2.73 bits per heavy atom. The molecule has 1 rings (SSSR count). The number of carboxylic acid groups (broad SMARTS) is 1. The van der Waals surface area contributed by atoms with Gasteiger partial charge in [-0.05, 0) is 35.2 Å². The van der Waals surface area contributed by atoms with Crippen LogP contribution < -0.4 is 0 Å². The number of hydrogen-bond acceptors (Lipinski definition) is 2. The number of halogens is 2. The van der Waals surface area contributed by atoms with E-state index in [1.54, 1.807) is 0 Å². The summed E-state index contributed by atoms with van der Waals surface area (Å²) < 4.78 is 4.00. The summed E-state index contributed by atoms with van der Waals surface area (Å²) >= 11 is 6.27. The Bertz CT molecular complexity index is 173. The summed E-state index contributed by atoms with van der Waals surface area (Å²) in [7, 11) is 0. The van der Waals surface area contributed by atoms with E-state index in [-0.39, 0.29) is 5.01 Å². The first-order valence-electron chi connectivity index (χ1n) is 3.29. The molecule has 1 N–H and O–H groups in total. The van der Waals surface area contributed by atoms with Gasteiger partial charge in [0.2, 0.25) is 4.51 Å². The van der Waals surface area contributed by atoms with Gasteiger partial charge in [-0.1, -0.05) is 15.9 Å². The molecule has 0 aromatic carbocycles. The Morgan fingerprint density at radius 2 is 2.36 bits per heavy atom. The predicted octanol–water partition coefficient (Wildman–Crippen LogP) is 2.08. The fourth-order valence-corrected chi connectivity index (χ4v) is 2.37. The van der Waals surface area contributed by atoms with Crippen molar-refractivity contribution in [2.24, 2.45) is 0 Å². The molecule has 2 unspecified atom stereocenters. The monoisotopic (exact) mass is 286 g/mol. The molecule has 0 bridgehead atoms. The summed E-state index contributed by atoms with van der Waals surface area (Å²) in [6.07, 6.45) is 2.23. The third kappa shape index (κ3) is 2.16. The number of alkyl halides is 2. The van der Waals surface area contributed by atoms with Gasteiger partial charge in [0.05, 0.1) is 0 Å². The number of rotatable bonds is 1. The van der Waals surface area contributed by atoms with E-state index < -0.39 is 10.5 Å². The van der Waals surface area contributed by atoms with Crippen LogP contribution in [0.15, 0.2) is 0 Å². The van der Waals surface area contributed by atoms with Crippen LogP contribution in [0.5, 0.6) is 0 Å². The van der Waals surface area contributed by atoms with Crippen LogP contribution in [0, 0.1) is 0 Å². The standard InChI is InChI=1S/C6H8Br2O3/c7-4-2-1-3-6(8,11-4)5(9)10/h4H,1-3H2,(H,9,10). The molecule has 1 fully saturated rings. The normalized spacial score (nSPS) is 38.5. The van der Waals surface area contributed by atoms with Gasteiger partial charge in [-0.3, -0.25) is 0 Å². The molecule has 5 heteroatoms. The Hall–Kier alpha value is 0.390. The van der Waals surface area contributed by atoms with Crippen LogP contribution in [0.3, 0.4) is 0 Å². The highest BCUT2D eigenvalue weighted by molar-refractivity contribution is 9.10. The van der Waals surface area contributed by atoms with Crippen molar-refractivity contribution in [3.63, 3.8) is 0 Å². The average Bonchev–Trinajstić information content (AvgIpc) is 1.86. The van der Waals surface area contributed by atoms with Gasteiger partial charge in [0, 0.05) is 0 Å². The van der Waals surface area contributed by atoms with Crippen molar-refractivity contribution < 1.29 is 14.6 Å². The second kappa shape index (κ2) is 3.41. The topological polar surface area (TPSA) is 46.5 Å². The number of hydrogen-bond donors (Lipinski definition) is 1. The molecule has 0 aromatic heterocycles. The largest absolute Gasteiger partial charge is 0.478 e. The summed E-state index contributed by atoms with van der Waals surface area (Å²) in [6, 6.07) is 0. The van der Waals surface area contributed by atoms with Gasteiger partial charge < -0.3 is 9.84 Å². The van der Waals surface area contributed by atoms with E-state index in [4.69, 9.17) is 9.84 Å². The fraction of sp³-hybridized carbons (Fsp3) is 0.833. The van der Waals surface area contributed by atoms with Crippen LogP contribution >= 0.6 is 31.9 Å². The number of aliphatic carboxylic acids is 1. The molecule has 64 valence electrons. The quantitative estimate of drug-likeness (QED) is 0.751. The van der Waals surface area contributed by atoms with Gasteiger partial charge in [-0.2, -0.15) is 0 Å². The third-order valence-electron chi connectivity index (χ3n) is 1.56. The molecule has 1 saturated heterocycles. The molecule has 2 atom stereocenters. The molecule has 0 aromatic rings. The lowest BCUT2D eigenvalue weighted by Gasteiger charge is -2.30. The van der Waals surface area contributed by atoms with Crippen LogP contribution in [0.1, 0.15) is 19.3 Å². The Balaban J connectivity index is 2.63. The Kier molecular flexibility index (Phi) is 2.94. The average molecular weight is 288 g/mol. The summed E-state index contributed by atoms with van der Waals surface area (Å²) in [5.41, 5.74) is 0. The molecule has 0 spiro atoms. The van der Waals surface area contributed by atoms with Crippen LogP contribution in [0.4, 0.5) is 0 Å². The van der Waals surface area contributed by atoms with Crippen molar-refractivity contribution in [2.75, 3.05) is 0 Å². The second-order valence-electron chi connectivity index (χ2n) is 2.45. The molecule has 0 amide bonds. The molecular weight excluding hydrogens is 280 g/mol. The third-order valence-corrected chi connectivity index (χ3v) is 3.13. The van der Waals surface area contributed by atoms with Crippen LogP contribution in [0.2, 0.25) is 0 Å². The van der Waals surface area contributed by atoms with E-state index >= 15 is 0 Å². The summed E-state index contributed by atoms with van der Waals surface area (Å²) in [5, 5.41) is 8.58. The highest BCUT2D eigenvalue weighted by atomic mass is 79.9. The molecule has 11 heavy (non-hydrogen) atoms. The summed E-state index contributed by atoms with van der Waals surface area (Å²) in [6.45, 7) is 0. The number of ether oxygens (including phenoxy) is 1. The lowest BCUT2D eigenvalue weighted by atomic mass is 10.1. The highest BCUT2D eigenvalue weighted by Crippen LogP contribution is 2.36. The van der Waals surface area contributed by atoms with Crippen molar-refractivity contribution >= 4 is 37.8 Å². The van der Waals surface area contributed by atoms with Crippen LogP contribution in [-0.4, -0.2) is 20.6 Å². The van der Waals surface area contributed by atoms with Crippen molar-refractivity contribution in [2.45, 2.75) is 28.8 Å². The molecule has 0 saturated carbocycles. The molecule has 1 heterocycles. The molecular formula is C6H8Br2O3. The van der Waals surface area contributed by atoms with E-state index in [1.165, 1.54) is 0 Å². The van der Waals surface area contributed by atoms with E-state index in [9.17, 15) is 4.79 Å². The van der Waals surface area contributed by atoms with Gasteiger partial charge in [0.15, 0.2) is 0 Å². The molecule has 1 aliphatic rings. The second-order valence-corrected chi connectivity index (χ2v) is 4.76. The molecule has 0 radical (unpaired) electrons. The summed E-state index contributed by atoms with van der Waals surface area (Å²) in [4.78, 5) is 10.6. The van der Waals surface area contributed by atoms with E-state index in [0.717, 1.165) is 12.8 Å². The minimum Gasteiger partial charge on any atom is -0.478 e. The number of carbonyl (C=O) groups is 1. The van der Waals surface area contributed by atoms with Crippen molar-refractivity contribution in [3.05, 3.63) is 0 Å². The first-order valence-corrected chi connectivity index (χ1v) is 5.00. The van der Waals surface area contributed by atoms with E-state index in [0.29, 0.717) is 6.42 Å². The Labute approximate surface area is 81.4 Å². The van der Waals surface area contributed by atoms with Crippen molar-refractivity contribution in [3.8, 4) is 0 Å². The maximum absolute atomic E-state index is 10.6. The SMILES string of the molecule is O=C(O)C1(Br)CCCC(Br)O1. The van der Waals surface area contributed by atoms with Crippen molar-refractivity contribution in [1.29, 1.82) is 0 Å². The minimum atomic E-state index is -1.17. The van der Waals surface area contributed by atoms with Gasteiger partial charge >= 0.3 is 5.97 Å². The number of carboxylic acids is 1. The first kappa shape index (κ1) is 9.48. The van der Waals surface area contributed by atoms with Crippen molar-refractivity contribution in [1.82, 2.24) is 0 Å². The first-order chi connectivity index (χ1) is 5.04. The zero-order valence-electron chi connectivity index (χ0n) is 5.72. The van der Waals surface area contributed by atoms with Gasteiger partial charge in [-0.15, -0.1) is 0 Å². The molecule has 0 aliphatic carbocycles. The lowest BCUT2D eigenvalue weighted by Crippen LogP contribution is -2.40. The maximum atomic E-state index is 10.6. The maximum Gasteiger partial charge on any atom is 0.347 e. The van der Waals surface area contributed by atoms with E-state index in [1.807, 2.05) is 0 Å². The predicted molar refractivity (Wildman–Crippen MR) is 46.9 cm³/mol. The lowest BCUT2D eigenvalue weighted by molar-refractivity contribution is -0.158. The summed E-state index contributed by atoms with van der Waals surface area (Å²) in [5.74, 6) is -0.957. The molecule has 1 aliphatic heterocycles. The van der Waals surface area contributed by atoms with Crippen LogP contribution in [-0.2, 0) is 9.53 Å². The zero-order valence-corrected chi connectivity index (χ0v) is 8.89. The zero-order chi connectivity index (χ0) is 8.48. The Morgan fingerprint density at radius 1 is 1.73 bits per heavy atom. The van der Waals surface area contributed by atoms with Crippen LogP contribution in [0.25, 0.3) is 0 Å². The van der Waals surface area contributed by atoms with E-state index in [2.05, 4.69) is 31.9 Å². The smallest absolute Gasteiger partial charge is 0.347 e. The fourth-order valence-electron chi connectivity index (χ4n) is 0.968. The van der Waals surface area contributed by atoms with Gasteiger partial charge in [0.1, 0.15) is 5.01 Å². The molecule has 3 nitrogen and oxygen atoms in total.